The van der Waals surface area contributed by atoms with Gasteiger partial charge < -0.3 is 14.2 Å². The minimum atomic E-state index is -0.762. The maximum Gasteiger partial charge on any atom is 0.306 e. The third kappa shape index (κ3) is 53.4. The summed E-state index contributed by atoms with van der Waals surface area (Å²) in [6.07, 6.45) is 59.5. The average molecular weight is 934 g/mol. The second-order valence-corrected chi connectivity index (χ2v) is 21.1. The number of ether oxygens (including phenoxy) is 3. The maximum atomic E-state index is 12.9. The third-order valence-electron chi connectivity index (χ3n) is 13.8. The molecule has 392 valence electrons. The fourth-order valence-electron chi connectivity index (χ4n) is 9.28. The molecule has 0 heterocycles. The van der Waals surface area contributed by atoms with E-state index < -0.39 is 6.10 Å². The van der Waals surface area contributed by atoms with Gasteiger partial charge in [0, 0.05) is 19.3 Å². The van der Waals surface area contributed by atoms with E-state index in [1.807, 2.05) is 0 Å². The van der Waals surface area contributed by atoms with Crippen molar-refractivity contribution in [2.24, 2.45) is 5.92 Å². The monoisotopic (exact) mass is 933 g/mol. The van der Waals surface area contributed by atoms with Crippen LogP contribution in [0.1, 0.15) is 342 Å². The number of carbonyl (C=O) groups is 3. The topological polar surface area (TPSA) is 78.9 Å². The van der Waals surface area contributed by atoms with E-state index in [2.05, 4.69) is 27.7 Å². The summed E-state index contributed by atoms with van der Waals surface area (Å²) < 4.78 is 16.9. The zero-order valence-corrected chi connectivity index (χ0v) is 45.2. The van der Waals surface area contributed by atoms with Gasteiger partial charge in [-0.3, -0.25) is 14.4 Å². The van der Waals surface area contributed by atoms with Crippen molar-refractivity contribution < 1.29 is 28.6 Å². The van der Waals surface area contributed by atoms with Crippen LogP contribution >= 0.6 is 0 Å². The summed E-state index contributed by atoms with van der Waals surface area (Å²) in [5, 5.41) is 0. The summed E-state index contributed by atoms with van der Waals surface area (Å²) in [6.45, 7) is 9.07. The van der Waals surface area contributed by atoms with Gasteiger partial charge >= 0.3 is 17.9 Å². The van der Waals surface area contributed by atoms with Gasteiger partial charge in [-0.15, -0.1) is 0 Å². The van der Waals surface area contributed by atoms with Crippen LogP contribution in [0.3, 0.4) is 0 Å². The molecule has 0 aliphatic heterocycles. The Balaban J connectivity index is 4.29. The Morgan fingerprint density at radius 2 is 0.500 bits per heavy atom. The molecule has 0 aromatic carbocycles. The molecule has 0 aliphatic rings. The van der Waals surface area contributed by atoms with Crippen molar-refractivity contribution >= 4 is 17.9 Å². The van der Waals surface area contributed by atoms with E-state index in [4.69, 9.17) is 14.2 Å². The summed E-state index contributed by atoms with van der Waals surface area (Å²) in [5.74, 6) is 0.0112. The van der Waals surface area contributed by atoms with E-state index in [1.165, 1.54) is 238 Å². The fourth-order valence-corrected chi connectivity index (χ4v) is 9.28. The predicted octanol–water partition coefficient (Wildman–Crippen LogP) is 19.8. The number of hydrogen-bond donors (Lipinski definition) is 0. The van der Waals surface area contributed by atoms with Crippen LogP contribution < -0.4 is 0 Å². The number of rotatable bonds is 55. The molecule has 0 N–H and O–H groups in total. The molecule has 0 bridgehead atoms. The van der Waals surface area contributed by atoms with Crippen molar-refractivity contribution in [2.45, 2.75) is 348 Å². The van der Waals surface area contributed by atoms with Crippen LogP contribution in [0, 0.1) is 5.92 Å². The molecule has 0 saturated heterocycles. The quantitative estimate of drug-likeness (QED) is 0.0343. The molecule has 0 aliphatic carbocycles. The zero-order valence-electron chi connectivity index (χ0n) is 45.2. The molecule has 0 spiro atoms. The molecule has 6 nitrogen and oxygen atoms in total. The molecular formula is C60H116O6. The first-order valence-corrected chi connectivity index (χ1v) is 29.9. The van der Waals surface area contributed by atoms with E-state index in [1.54, 1.807) is 0 Å². The smallest absolute Gasteiger partial charge is 0.306 e. The molecule has 0 aromatic heterocycles. The van der Waals surface area contributed by atoms with Crippen molar-refractivity contribution in [1.82, 2.24) is 0 Å². The molecular weight excluding hydrogens is 817 g/mol. The van der Waals surface area contributed by atoms with Gasteiger partial charge in [0.05, 0.1) is 0 Å². The van der Waals surface area contributed by atoms with Gasteiger partial charge in [-0.25, -0.2) is 0 Å². The van der Waals surface area contributed by atoms with Crippen molar-refractivity contribution in [1.29, 1.82) is 0 Å². The summed E-state index contributed by atoms with van der Waals surface area (Å²) in [4.78, 5) is 38.2. The fraction of sp³-hybridized carbons (Fsp3) is 0.950. The molecule has 0 aromatic rings. The lowest BCUT2D eigenvalue weighted by molar-refractivity contribution is -0.167. The Hall–Kier alpha value is -1.59. The first kappa shape index (κ1) is 64.4. The first-order chi connectivity index (χ1) is 32.4. The van der Waals surface area contributed by atoms with Crippen LogP contribution in [0.2, 0.25) is 0 Å². The molecule has 1 atom stereocenters. The Morgan fingerprint density at radius 3 is 0.742 bits per heavy atom. The number of unbranched alkanes of at least 4 members (excludes halogenated alkanes) is 42. The van der Waals surface area contributed by atoms with Gasteiger partial charge in [-0.2, -0.15) is 0 Å². The molecule has 0 amide bonds. The van der Waals surface area contributed by atoms with Crippen LogP contribution in [0.15, 0.2) is 0 Å². The normalized spacial score (nSPS) is 12.0. The van der Waals surface area contributed by atoms with Crippen molar-refractivity contribution in [3.8, 4) is 0 Å². The highest BCUT2D eigenvalue weighted by atomic mass is 16.6. The highest BCUT2D eigenvalue weighted by Crippen LogP contribution is 2.18. The third-order valence-corrected chi connectivity index (χ3v) is 13.8. The van der Waals surface area contributed by atoms with Crippen molar-refractivity contribution in [3.63, 3.8) is 0 Å². The van der Waals surface area contributed by atoms with Gasteiger partial charge in [0.1, 0.15) is 13.2 Å². The first-order valence-electron chi connectivity index (χ1n) is 29.9. The zero-order chi connectivity index (χ0) is 48.1. The van der Waals surface area contributed by atoms with E-state index in [0.29, 0.717) is 19.3 Å². The van der Waals surface area contributed by atoms with E-state index in [-0.39, 0.29) is 31.1 Å². The second-order valence-electron chi connectivity index (χ2n) is 21.1. The average Bonchev–Trinajstić information content (AvgIpc) is 3.30. The Bertz CT molecular complexity index is 996. The lowest BCUT2D eigenvalue weighted by atomic mass is 10.0. The number of carbonyl (C=O) groups excluding carboxylic acids is 3. The summed E-state index contributed by atoms with van der Waals surface area (Å²) in [7, 11) is 0. The van der Waals surface area contributed by atoms with Crippen LogP contribution in [-0.4, -0.2) is 37.2 Å². The number of esters is 3. The maximum absolute atomic E-state index is 12.9. The van der Waals surface area contributed by atoms with Crippen LogP contribution in [0.5, 0.6) is 0 Å². The van der Waals surface area contributed by atoms with E-state index >= 15 is 0 Å². The summed E-state index contributed by atoms with van der Waals surface area (Å²) in [5.41, 5.74) is 0. The lowest BCUT2D eigenvalue weighted by Gasteiger charge is -2.18. The van der Waals surface area contributed by atoms with Gasteiger partial charge in [0.2, 0.25) is 0 Å². The molecule has 6 heteroatoms. The summed E-state index contributed by atoms with van der Waals surface area (Å²) >= 11 is 0. The molecule has 0 rings (SSSR count). The van der Waals surface area contributed by atoms with Crippen LogP contribution in [0.4, 0.5) is 0 Å². The largest absolute Gasteiger partial charge is 0.462 e. The minimum Gasteiger partial charge on any atom is -0.462 e. The van der Waals surface area contributed by atoms with Crippen LogP contribution in [-0.2, 0) is 28.6 Å². The van der Waals surface area contributed by atoms with E-state index in [0.717, 1.165) is 63.7 Å². The molecule has 0 fully saturated rings. The Kier molecular flexibility index (Phi) is 53.0. The number of hydrogen-bond acceptors (Lipinski definition) is 6. The van der Waals surface area contributed by atoms with Gasteiger partial charge in [0.15, 0.2) is 6.10 Å². The van der Waals surface area contributed by atoms with Crippen molar-refractivity contribution in [2.75, 3.05) is 13.2 Å². The van der Waals surface area contributed by atoms with Gasteiger partial charge in [-0.05, 0) is 25.2 Å². The molecule has 0 saturated carbocycles. The lowest BCUT2D eigenvalue weighted by Crippen LogP contribution is -2.30. The van der Waals surface area contributed by atoms with Gasteiger partial charge in [0.25, 0.3) is 0 Å². The minimum absolute atomic E-state index is 0.0615. The highest BCUT2D eigenvalue weighted by molar-refractivity contribution is 5.71. The Labute approximate surface area is 412 Å². The SMILES string of the molecule is CCCCCCCCCCCCCCCCCCCC(=O)OC[C@@H](COC(=O)CCCCCCCCCCCCCCCC)OC(=O)CCCCCCCCCCCCCCCCC(C)C. The molecule has 0 radical (unpaired) electrons. The van der Waals surface area contributed by atoms with E-state index in [9.17, 15) is 14.4 Å². The van der Waals surface area contributed by atoms with Gasteiger partial charge in [-0.1, -0.05) is 304 Å². The second kappa shape index (κ2) is 54.4. The predicted molar refractivity (Wildman–Crippen MR) is 284 cm³/mol. The highest BCUT2D eigenvalue weighted by Gasteiger charge is 2.19. The Morgan fingerprint density at radius 1 is 0.288 bits per heavy atom. The van der Waals surface area contributed by atoms with Crippen LogP contribution in [0.25, 0.3) is 0 Å². The summed E-state index contributed by atoms with van der Waals surface area (Å²) in [6, 6.07) is 0. The standard InChI is InChI=1S/C60H116O6/c1-5-7-9-11-13-15-17-19-21-22-23-28-32-36-40-44-48-52-59(62)65-55-57(54-64-58(61)51-47-43-39-35-31-27-20-18-16-14-12-10-8-6-2)66-60(63)53-49-45-41-37-33-29-25-24-26-30-34-38-42-46-50-56(3)4/h56-57H,5-55H2,1-4H3/t57-/m1/s1. The molecule has 66 heavy (non-hydrogen) atoms. The molecule has 0 unspecified atom stereocenters. The van der Waals surface area contributed by atoms with Crippen molar-refractivity contribution in [3.05, 3.63) is 0 Å².